The van der Waals surface area contributed by atoms with Crippen molar-refractivity contribution in [1.29, 1.82) is 0 Å². The van der Waals surface area contributed by atoms with Crippen LogP contribution < -0.4 is 41.7 Å². The molecule has 12 aromatic rings. The molecule has 0 aromatic carbocycles. The quantitative estimate of drug-likeness (QED) is 0.100. The maximum Gasteiger partial charge on any atom is 0.369 e. The molecule has 0 aliphatic carbocycles. The van der Waals surface area contributed by atoms with E-state index in [0.717, 1.165) is 63.9 Å². The number of nitrogens with zero attached hydrogens (tertiary/aromatic N) is 24. The van der Waals surface area contributed by atoms with Gasteiger partial charge in [-0.25, -0.2) is 43.5 Å². The molecule has 12 rings (SSSR count). The summed E-state index contributed by atoms with van der Waals surface area (Å²) in [5.41, 5.74) is -0.0610. The topological polar surface area (TPSA) is 414 Å². The largest absolute Gasteiger partial charge is 0.472 e. The average Bonchev–Trinajstić information content (AvgIpc) is 2.60. The minimum atomic E-state index is -0.604. The lowest BCUT2D eigenvalue weighted by molar-refractivity contribution is 0.286. The Labute approximate surface area is 480 Å². The van der Waals surface area contributed by atoms with E-state index in [1.54, 1.807) is 48.8 Å². The average molecular weight is 1230 g/mol. The summed E-state index contributed by atoms with van der Waals surface area (Å²) in [5.74, 6) is 1.29. The number of aromatic amines is 4. The SMILES string of the molecule is [3H]n1ccc(OCc2c(Br)ccnc2-n2nnn(C)c2=O)n1.[3H]n1ccc(OCc2c(Cl)ccnc2-n2nnn(C)c2=O)n1.[3H]n1ccc(OCc2c(F)ccnc2-n2nnn(C)c2=O)n1.[3H]n1ccc(OCc2cccnc2-n2nnn(C)c2=O)n1. The molecular weight excluding hydrogens is 1180 g/mol. The van der Waals surface area contributed by atoms with Crippen LogP contribution in [0.2, 0.25) is 10.7 Å². The summed E-state index contributed by atoms with van der Waals surface area (Å²) < 4.78 is 73.9. The molecule has 0 atom stereocenters. The molecule has 0 saturated heterocycles. The van der Waals surface area contributed by atoms with E-state index >= 15 is 0 Å². The Hall–Kier alpha value is -11.2. The zero-order valence-electron chi connectivity index (χ0n) is 47.1. The Morgan fingerprint density at radius 2 is 0.831 bits per heavy atom. The molecule has 0 fully saturated rings. The summed E-state index contributed by atoms with van der Waals surface area (Å²) in [6.45, 7) is 0.0318. The van der Waals surface area contributed by atoms with Gasteiger partial charge in [-0.2, -0.15) is 18.7 Å². The molecule has 83 heavy (non-hydrogen) atoms. The summed E-state index contributed by atoms with van der Waals surface area (Å²) in [6.07, 6.45) is 11.5. The first-order valence-electron chi connectivity index (χ1n) is 25.1. The summed E-state index contributed by atoms with van der Waals surface area (Å²) in [4.78, 5) is 64.1. The second-order valence-corrected chi connectivity index (χ2v) is 17.4. The van der Waals surface area contributed by atoms with Crippen LogP contribution in [0.4, 0.5) is 4.39 Å². The predicted octanol–water partition coefficient (Wildman–Crippen LogP) is 0.207. The Bertz CT molecular complexity index is 4240. The van der Waals surface area contributed by atoms with Gasteiger partial charge in [-0.3, -0.25) is 20.4 Å². The van der Waals surface area contributed by atoms with Crippen LogP contribution in [0, 0.1) is 5.82 Å². The van der Waals surface area contributed by atoms with Gasteiger partial charge in [0.2, 0.25) is 23.5 Å². The van der Waals surface area contributed by atoms with Crippen LogP contribution in [0.15, 0.2) is 128 Å². The maximum absolute atomic E-state index is 14.0. The molecule has 39 heteroatoms. The first-order valence-corrected chi connectivity index (χ1v) is 24.5. The van der Waals surface area contributed by atoms with Crippen LogP contribution >= 0.6 is 27.5 Å². The van der Waals surface area contributed by atoms with Crippen molar-refractivity contribution in [2.75, 3.05) is 0 Å². The molecule has 36 nitrogen and oxygen atoms in total. The highest BCUT2D eigenvalue weighted by atomic mass is 79.9. The van der Waals surface area contributed by atoms with E-state index in [1.165, 1.54) is 77.5 Å². The third kappa shape index (κ3) is 13.5. The predicted molar refractivity (Wildman–Crippen MR) is 282 cm³/mol. The van der Waals surface area contributed by atoms with Crippen molar-refractivity contribution in [2.24, 2.45) is 28.2 Å². The van der Waals surface area contributed by atoms with Crippen LogP contribution in [-0.2, 0) is 54.6 Å². The second-order valence-electron chi connectivity index (χ2n) is 16.1. The van der Waals surface area contributed by atoms with Gasteiger partial charge in [0.05, 0.1) is 16.1 Å². The highest BCUT2D eigenvalue weighted by Crippen LogP contribution is 2.24. The third-order valence-electron chi connectivity index (χ3n) is 10.7. The zero-order chi connectivity index (χ0) is 61.9. The first kappa shape index (κ1) is 51.3. The number of hydrogen-bond donors (Lipinski definition) is 4. The van der Waals surface area contributed by atoms with Crippen LogP contribution in [0.25, 0.3) is 23.3 Å². The molecular formula is C44H41BrClFN28O8. The summed E-state index contributed by atoms with van der Waals surface area (Å²) in [5, 5.41) is 48.3. The molecule has 4 N–H and O–H groups in total. The minimum Gasteiger partial charge on any atom is -0.472 e. The number of H-pyrrole nitrogens is 4. The number of nitrogens with one attached hydrogen (secondary N) is 4. The van der Waals surface area contributed by atoms with E-state index in [-0.39, 0.29) is 55.4 Å². The van der Waals surface area contributed by atoms with Crippen molar-refractivity contribution >= 4 is 27.5 Å². The van der Waals surface area contributed by atoms with E-state index in [9.17, 15) is 23.6 Å². The number of aromatic nitrogens is 28. The lowest BCUT2D eigenvalue weighted by atomic mass is 10.2. The van der Waals surface area contributed by atoms with Crippen LogP contribution in [0.5, 0.6) is 23.5 Å². The van der Waals surface area contributed by atoms with Crippen molar-refractivity contribution in [2.45, 2.75) is 26.4 Å². The van der Waals surface area contributed by atoms with Gasteiger partial charge in [0.15, 0.2) is 28.9 Å². The molecule has 0 aliphatic rings. The van der Waals surface area contributed by atoms with Gasteiger partial charge in [-0.1, -0.05) is 33.6 Å². The Balaban J connectivity index is 0.000000138. The zero-order valence-corrected chi connectivity index (χ0v) is 45.4. The molecule has 12 aromatic heterocycles. The molecule has 0 aliphatic heterocycles. The van der Waals surface area contributed by atoms with E-state index in [0.29, 0.717) is 49.6 Å². The van der Waals surface area contributed by atoms with Gasteiger partial charge >= 0.3 is 22.8 Å². The number of pyridine rings is 4. The van der Waals surface area contributed by atoms with Gasteiger partial charge in [-0.05, 0) is 66.0 Å². The minimum absolute atomic E-state index is 0.0107. The molecule has 0 spiro atoms. The fourth-order valence-electron chi connectivity index (χ4n) is 6.62. The Morgan fingerprint density at radius 3 is 1.25 bits per heavy atom. The number of tetrazole rings is 4. The van der Waals surface area contributed by atoms with Crippen LogP contribution in [-0.4, -0.2) is 140 Å². The lowest BCUT2D eigenvalue weighted by Crippen LogP contribution is -2.24. The van der Waals surface area contributed by atoms with Gasteiger partial charge in [0.25, 0.3) is 0 Å². The normalized spacial score (nSPS) is 11.4. The first-order chi connectivity index (χ1) is 41.8. The van der Waals surface area contributed by atoms with Crippen molar-refractivity contribution in [1.82, 2.24) is 140 Å². The monoisotopic (exact) mass is 1230 g/mol. The summed E-state index contributed by atoms with van der Waals surface area (Å²) in [7, 11) is 5.91. The standard InChI is InChI=1S/C11H10BrN7O2.C11H10ClN7O2.C11H10FN7O2.C11H11N7O2/c3*1-18-11(20)19(17-16-18)10-7(8(12)2-4-13-10)6-21-9-3-5-14-15-9;1-17-11(19)18(16-15-17)10-8(3-2-5-12-10)7-20-9-4-6-13-14-9/h3*2-5H,6H2,1H3,(H,14,15);2-6H,7H2,1H3,(H,13,14)/i/hT4. The van der Waals surface area contributed by atoms with Gasteiger partial charge in [0.1, 0.15) is 32.2 Å². The molecule has 0 radical (unpaired) electrons. The number of hydrogen-bond acceptors (Lipinski definition) is 24. The number of rotatable bonds is 16. The number of ether oxygens (including phenoxy) is 4. The molecule has 0 unspecified atom stereocenters. The van der Waals surface area contributed by atoms with Crippen molar-refractivity contribution in [3.8, 4) is 46.8 Å². The maximum atomic E-state index is 14.0. The van der Waals surface area contributed by atoms with E-state index in [2.05, 4.69) is 98.0 Å². The number of halogens is 3. The summed E-state index contributed by atoms with van der Waals surface area (Å²) in [6, 6.07) is 14.1. The number of aryl methyl sites for hydroxylation is 4. The van der Waals surface area contributed by atoms with Crippen molar-refractivity contribution in [3.05, 3.63) is 184 Å². The third-order valence-corrected chi connectivity index (χ3v) is 11.8. The fourth-order valence-corrected chi connectivity index (χ4v) is 7.23. The molecule has 12 heterocycles. The van der Waals surface area contributed by atoms with E-state index in [4.69, 9.17) is 36.2 Å². The van der Waals surface area contributed by atoms with Crippen molar-refractivity contribution in [3.63, 3.8) is 0 Å². The van der Waals surface area contributed by atoms with Gasteiger partial charge in [-0.15, -0.1) is 39.1 Å². The van der Waals surface area contributed by atoms with E-state index in [1.807, 2.05) is 0 Å². The van der Waals surface area contributed by atoms with Gasteiger partial charge in [0, 0.05) is 118 Å². The highest BCUT2D eigenvalue weighted by Gasteiger charge is 2.20. The molecule has 0 bridgehead atoms. The molecule has 0 amide bonds. The second kappa shape index (κ2) is 26.2. The smallest absolute Gasteiger partial charge is 0.369 e. The summed E-state index contributed by atoms with van der Waals surface area (Å²) >= 11 is 9.56. The van der Waals surface area contributed by atoms with Crippen LogP contribution in [0.3, 0.4) is 0 Å². The van der Waals surface area contributed by atoms with Crippen LogP contribution in [0.1, 0.15) is 22.3 Å². The molecule has 426 valence electrons. The highest BCUT2D eigenvalue weighted by molar-refractivity contribution is 9.10. The Morgan fingerprint density at radius 1 is 0.470 bits per heavy atom. The fraction of sp³-hybridized carbons (Fsp3) is 0.182. The lowest BCUT2D eigenvalue weighted by Gasteiger charge is -2.09. The Kier molecular flexibility index (Phi) is 16.2. The van der Waals surface area contributed by atoms with Crippen molar-refractivity contribution < 1.29 is 29.0 Å². The van der Waals surface area contributed by atoms with E-state index < -0.39 is 28.6 Å². The van der Waals surface area contributed by atoms with Gasteiger partial charge < -0.3 is 18.9 Å². The molecule has 0 saturated carbocycles.